The van der Waals surface area contributed by atoms with Gasteiger partial charge in [0.2, 0.25) is 0 Å². The zero-order valence-corrected chi connectivity index (χ0v) is 11.9. The molecule has 0 bridgehead atoms. The van der Waals surface area contributed by atoms with E-state index in [2.05, 4.69) is 52.0 Å². The van der Waals surface area contributed by atoms with Crippen molar-refractivity contribution in [3.05, 3.63) is 18.0 Å². The fraction of sp³-hybridized carbons (Fsp3) is 0.786. The molecule has 1 aromatic heterocycles. The van der Waals surface area contributed by atoms with Gasteiger partial charge in [-0.3, -0.25) is 4.68 Å². The maximum Gasteiger partial charge on any atom is 0.0640 e. The molecule has 0 amide bonds. The Balaban J connectivity index is 2.60. The highest BCUT2D eigenvalue weighted by Gasteiger charge is 2.17. The predicted molar refractivity (Wildman–Crippen MR) is 72.9 cm³/mol. The number of rotatable bonds is 6. The minimum absolute atomic E-state index is 0.204. The summed E-state index contributed by atoms with van der Waals surface area (Å²) in [5.74, 6) is 1.16. The predicted octanol–water partition coefficient (Wildman–Crippen LogP) is 3.02. The molecule has 0 saturated heterocycles. The van der Waals surface area contributed by atoms with E-state index in [1.165, 1.54) is 0 Å². The van der Waals surface area contributed by atoms with Crippen molar-refractivity contribution in [2.45, 2.75) is 59.5 Å². The quantitative estimate of drug-likeness (QED) is 0.826. The molecule has 0 spiro atoms. The smallest absolute Gasteiger partial charge is 0.0640 e. The van der Waals surface area contributed by atoms with Gasteiger partial charge >= 0.3 is 0 Å². The highest BCUT2D eigenvalue weighted by atomic mass is 15.3. The lowest BCUT2D eigenvalue weighted by molar-refractivity contribution is 0.341. The third-order valence-electron chi connectivity index (χ3n) is 3.88. The van der Waals surface area contributed by atoms with Crippen LogP contribution in [0.2, 0.25) is 0 Å². The second-order valence-corrected chi connectivity index (χ2v) is 5.52. The summed E-state index contributed by atoms with van der Waals surface area (Å²) < 4.78 is 2.04. The third-order valence-corrected chi connectivity index (χ3v) is 3.88. The van der Waals surface area contributed by atoms with Crippen molar-refractivity contribution in [1.29, 1.82) is 0 Å². The van der Waals surface area contributed by atoms with E-state index in [9.17, 15) is 0 Å². The Kier molecular flexibility index (Phi) is 5.19. The number of nitrogens with zero attached hydrogens (tertiary/aromatic N) is 2. The van der Waals surface area contributed by atoms with Gasteiger partial charge < -0.3 is 5.73 Å². The fourth-order valence-corrected chi connectivity index (χ4v) is 1.84. The number of hydrogen-bond donors (Lipinski definition) is 1. The van der Waals surface area contributed by atoms with Crippen molar-refractivity contribution in [3.8, 4) is 0 Å². The standard InChI is InChI=1S/C14H27N3/c1-6-11(4)17-8-7-13(16-17)9-14(15)12(5)10(2)3/h7-8,10-12,14H,6,9,15H2,1-5H3. The van der Waals surface area contributed by atoms with E-state index in [0.717, 1.165) is 18.5 Å². The summed E-state index contributed by atoms with van der Waals surface area (Å²) in [5.41, 5.74) is 7.33. The third kappa shape index (κ3) is 3.84. The minimum Gasteiger partial charge on any atom is -0.327 e. The van der Waals surface area contributed by atoms with Crippen LogP contribution in [-0.2, 0) is 6.42 Å². The van der Waals surface area contributed by atoms with Gasteiger partial charge in [-0.2, -0.15) is 5.10 Å². The van der Waals surface area contributed by atoms with Gasteiger partial charge in [-0.25, -0.2) is 0 Å². The molecule has 0 aliphatic rings. The molecule has 0 radical (unpaired) electrons. The molecule has 0 aliphatic carbocycles. The largest absolute Gasteiger partial charge is 0.327 e. The number of aromatic nitrogens is 2. The van der Waals surface area contributed by atoms with E-state index >= 15 is 0 Å². The first-order chi connectivity index (χ1) is 7.95. The molecule has 0 saturated carbocycles. The van der Waals surface area contributed by atoms with Crippen LogP contribution in [0.3, 0.4) is 0 Å². The van der Waals surface area contributed by atoms with Crippen LogP contribution in [0.15, 0.2) is 12.3 Å². The minimum atomic E-state index is 0.204. The Morgan fingerprint density at radius 3 is 2.47 bits per heavy atom. The monoisotopic (exact) mass is 237 g/mol. The summed E-state index contributed by atoms with van der Waals surface area (Å²) in [7, 11) is 0. The molecule has 1 heterocycles. The molecule has 0 aliphatic heterocycles. The molecule has 3 heteroatoms. The first-order valence-electron chi connectivity index (χ1n) is 6.75. The average Bonchev–Trinajstić information content (AvgIpc) is 2.75. The van der Waals surface area contributed by atoms with Crippen LogP contribution >= 0.6 is 0 Å². The second kappa shape index (κ2) is 6.20. The van der Waals surface area contributed by atoms with Crippen molar-refractivity contribution in [2.24, 2.45) is 17.6 Å². The van der Waals surface area contributed by atoms with E-state index < -0.39 is 0 Å². The van der Waals surface area contributed by atoms with Crippen molar-refractivity contribution in [3.63, 3.8) is 0 Å². The lowest BCUT2D eigenvalue weighted by Gasteiger charge is -2.22. The Labute approximate surface area is 105 Å². The summed E-state index contributed by atoms with van der Waals surface area (Å²) >= 11 is 0. The van der Waals surface area contributed by atoms with Crippen molar-refractivity contribution in [1.82, 2.24) is 9.78 Å². The van der Waals surface area contributed by atoms with Crippen LogP contribution < -0.4 is 5.73 Å². The molecular weight excluding hydrogens is 210 g/mol. The molecular formula is C14H27N3. The Bertz CT molecular complexity index is 330. The highest BCUT2D eigenvalue weighted by molar-refractivity contribution is 5.02. The first-order valence-corrected chi connectivity index (χ1v) is 6.75. The zero-order chi connectivity index (χ0) is 13.0. The maximum atomic E-state index is 6.22. The zero-order valence-electron chi connectivity index (χ0n) is 11.9. The van der Waals surface area contributed by atoms with Crippen molar-refractivity contribution in [2.75, 3.05) is 0 Å². The molecule has 2 N–H and O–H groups in total. The summed E-state index contributed by atoms with van der Waals surface area (Å²) in [5, 5.41) is 4.60. The molecule has 1 aromatic rings. The molecule has 0 fully saturated rings. The van der Waals surface area contributed by atoms with Crippen molar-refractivity contribution >= 4 is 0 Å². The van der Waals surface area contributed by atoms with Gasteiger partial charge in [0.1, 0.15) is 0 Å². The van der Waals surface area contributed by atoms with Gasteiger partial charge in [0.25, 0.3) is 0 Å². The van der Waals surface area contributed by atoms with Gasteiger partial charge in [0.15, 0.2) is 0 Å². The average molecular weight is 237 g/mol. The van der Waals surface area contributed by atoms with Crippen LogP contribution in [0, 0.1) is 11.8 Å². The Hall–Kier alpha value is -0.830. The van der Waals surface area contributed by atoms with Gasteiger partial charge in [-0.1, -0.05) is 27.7 Å². The van der Waals surface area contributed by atoms with Crippen LogP contribution in [0.25, 0.3) is 0 Å². The summed E-state index contributed by atoms with van der Waals surface area (Å²) in [6.07, 6.45) is 4.05. The SMILES string of the molecule is CCC(C)n1ccc(CC(N)C(C)C(C)C)n1. The molecule has 17 heavy (non-hydrogen) atoms. The van der Waals surface area contributed by atoms with E-state index in [-0.39, 0.29) is 6.04 Å². The molecule has 3 nitrogen and oxygen atoms in total. The van der Waals surface area contributed by atoms with Crippen molar-refractivity contribution < 1.29 is 0 Å². The number of nitrogens with two attached hydrogens (primary N) is 1. The normalized spacial score (nSPS) is 17.1. The van der Waals surface area contributed by atoms with Crippen LogP contribution in [0.1, 0.15) is 52.8 Å². The van der Waals surface area contributed by atoms with E-state index in [4.69, 9.17) is 5.73 Å². The summed E-state index contributed by atoms with van der Waals surface area (Å²) in [6.45, 7) is 11.0. The lowest BCUT2D eigenvalue weighted by Crippen LogP contribution is -2.33. The van der Waals surface area contributed by atoms with Crippen LogP contribution in [0.4, 0.5) is 0 Å². The lowest BCUT2D eigenvalue weighted by atomic mass is 9.88. The topological polar surface area (TPSA) is 43.8 Å². The maximum absolute atomic E-state index is 6.22. The van der Waals surface area contributed by atoms with Gasteiger partial charge in [-0.15, -0.1) is 0 Å². The summed E-state index contributed by atoms with van der Waals surface area (Å²) in [6, 6.07) is 2.77. The Morgan fingerprint density at radius 1 is 1.29 bits per heavy atom. The molecule has 1 rings (SSSR count). The van der Waals surface area contributed by atoms with Gasteiger partial charge in [0, 0.05) is 24.7 Å². The fourth-order valence-electron chi connectivity index (χ4n) is 1.84. The molecule has 0 aromatic carbocycles. The second-order valence-electron chi connectivity index (χ2n) is 5.52. The van der Waals surface area contributed by atoms with Gasteiger partial charge in [-0.05, 0) is 31.2 Å². The van der Waals surface area contributed by atoms with E-state index in [1.807, 2.05) is 4.68 Å². The number of hydrogen-bond acceptors (Lipinski definition) is 2. The highest BCUT2D eigenvalue weighted by Crippen LogP contribution is 2.17. The first kappa shape index (κ1) is 14.2. The Morgan fingerprint density at radius 2 is 1.94 bits per heavy atom. The van der Waals surface area contributed by atoms with Gasteiger partial charge in [0.05, 0.1) is 5.69 Å². The molecule has 98 valence electrons. The molecule has 3 atom stereocenters. The van der Waals surface area contributed by atoms with E-state index in [1.54, 1.807) is 0 Å². The van der Waals surface area contributed by atoms with E-state index in [0.29, 0.717) is 17.9 Å². The summed E-state index contributed by atoms with van der Waals surface area (Å²) in [4.78, 5) is 0. The van der Waals surface area contributed by atoms with Crippen LogP contribution in [0.5, 0.6) is 0 Å². The molecule has 3 unspecified atom stereocenters. The van der Waals surface area contributed by atoms with Crippen LogP contribution in [-0.4, -0.2) is 15.8 Å².